The van der Waals surface area contributed by atoms with Crippen LogP contribution in [0.5, 0.6) is 0 Å². The Morgan fingerprint density at radius 1 is 0.849 bits per heavy atom. The van der Waals surface area contributed by atoms with Crippen LogP contribution in [0.25, 0.3) is 0 Å². The van der Waals surface area contributed by atoms with Crippen LogP contribution in [0, 0.1) is 34.5 Å². The SMILES string of the molecule is CCOP(=O)(CC#N)OCC.N#C/C=C/C1CCN(C(=O)OCc2ccccc2)C1.O=CC1CCN(C(=O)OCc2ccccc2)C1.O=CO[O-].[Cs+].[Cs+].[H-]. The summed E-state index contributed by atoms with van der Waals surface area (Å²) < 4.78 is 31.4. The Hall–Kier alpha value is -0.946. The van der Waals surface area contributed by atoms with E-state index >= 15 is 0 Å². The Morgan fingerprint density at radius 2 is 1.28 bits per heavy atom. The number of rotatable bonds is 12. The summed E-state index contributed by atoms with van der Waals surface area (Å²) in [7, 11) is -3.08. The van der Waals surface area contributed by atoms with Crippen molar-refractivity contribution in [3.05, 3.63) is 83.9 Å². The van der Waals surface area contributed by atoms with E-state index in [4.69, 9.17) is 39.1 Å². The first kappa shape index (κ1) is 54.2. The third-order valence-corrected chi connectivity index (χ3v) is 8.80. The van der Waals surface area contributed by atoms with Gasteiger partial charge in [-0.2, -0.15) is 10.5 Å². The number of nitriles is 2. The maximum absolute atomic E-state index is 11.9. The number of hydrogen-bond donors (Lipinski definition) is 0. The predicted octanol–water partition coefficient (Wildman–Crippen LogP) is -1.10. The maximum Gasteiger partial charge on any atom is 1.00 e. The Kier molecular flexibility index (Phi) is 35.1. The summed E-state index contributed by atoms with van der Waals surface area (Å²) in [5, 5.41) is 25.2. The number of carbonyl (C=O) groups is 4. The van der Waals surface area contributed by atoms with Crippen molar-refractivity contribution in [2.75, 3.05) is 45.6 Å². The monoisotopic (exact) mass is 994 g/mol. The van der Waals surface area contributed by atoms with E-state index < -0.39 is 7.60 Å². The van der Waals surface area contributed by atoms with Crippen molar-refractivity contribution in [2.24, 2.45) is 11.8 Å². The molecule has 278 valence electrons. The first-order valence-corrected chi connectivity index (χ1v) is 17.8. The zero-order valence-electron chi connectivity index (χ0n) is 31.7. The average Bonchev–Trinajstić information content (AvgIpc) is 3.84. The molecular formula is C35H45Cs2N4O11P. The zero-order chi connectivity index (χ0) is 37.7. The Morgan fingerprint density at radius 3 is 1.64 bits per heavy atom. The molecule has 18 heteroatoms. The molecule has 0 aliphatic carbocycles. The smallest absolute Gasteiger partial charge is 1.00 e. The zero-order valence-corrected chi connectivity index (χ0v) is 44.2. The van der Waals surface area contributed by atoms with Gasteiger partial charge in [0.25, 0.3) is 6.47 Å². The van der Waals surface area contributed by atoms with E-state index in [0.717, 1.165) is 30.3 Å². The summed E-state index contributed by atoms with van der Waals surface area (Å²) in [6.07, 6.45) is 5.07. The molecule has 2 aliphatic rings. The minimum atomic E-state index is -3.08. The van der Waals surface area contributed by atoms with Crippen LogP contribution >= 0.6 is 7.60 Å². The molecule has 0 aromatic heterocycles. The van der Waals surface area contributed by atoms with E-state index in [1.165, 1.54) is 6.08 Å². The molecule has 15 nitrogen and oxygen atoms in total. The van der Waals surface area contributed by atoms with E-state index in [1.54, 1.807) is 29.7 Å². The van der Waals surface area contributed by atoms with Crippen LogP contribution in [-0.4, -0.2) is 80.3 Å². The molecule has 2 heterocycles. The molecule has 2 aromatic rings. The summed E-state index contributed by atoms with van der Waals surface area (Å²) in [6.45, 7) is 6.84. The van der Waals surface area contributed by atoms with Crippen molar-refractivity contribution in [1.29, 1.82) is 10.5 Å². The fourth-order valence-corrected chi connectivity index (χ4v) is 5.80. The van der Waals surface area contributed by atoms with E-state index in [-0.39, 0.29) is 182 Å². The van der Waals surface area contributed by atoms with Crippen molar-refractivity contribution >= 4 is 32.5 Å². The van der Waals surface area contributed by atoms with Gasteiger partial charge < -0.3 is 44.7 Å². The number of aldehydes is 1. The summed E-state index contributed by atoms with van der Waals surface area (Å²) in [5.74, 6) is 0.239. The van der Waals surface area contributed by atoms with Crippen LogP contribution in [0.1, 0.15) is 39.2 Å². The quantitative estimate of drug-likeness (QED) is 0.0815. The number of hydrogen-bond acceptors (Lipinski definition) is 13. The van der Waals surface area contributed by atoms with Gasteiger partial charge in [0.1, 0.15) is 25.7 Å². The Bertz CT molecular complexity index is 1480. The average molecular weight is 995 g/mol. The molecule has 2 aromatic carbocycles. The van der Waals surface area contributed by atoms with Crippen LogP contribution in [0.15, 0.2) is 72.8 Å². The van der Waals surface area contributed by atoms with Gasteiger partial charge in [0.2, 0.25) is 0 Å². The number of benzene rings is 2. The molecule has 2 saturated heterocycles. The Balaban J connectivity index is -0.000000689. The number of carbonyl (C=O) groups excluding carboxylic acids is 4. The van der Waals surface area contributed by atoms with Gasteiger partial charge >= 0.3 is 158 Å². The molecule has 0 radical (unpaired) electrons. The predicted molar refractivity (Wildman–Crippen MR) is 183 cm³/mol. The number of ether oxygens (including phenoxy) is 2. The molecule has 2 unspecified atom stereocenters. The van der Waals surface area contributed by atoms with E-state index in [9.17, 15) is 18.9 Å². The molecule has 2 amide bonds. The van der Waals surface area contributed by atoms with Gasteiger partial charge in [0.15, 0.2) is 0 Å². The summed E-state index contributed by atoms with van der Waals surface area (Å²) in [6, 6.07) is 22.9. The third-order valence-electron chi connectivity index (χ3n) is 6.97. The molecule has 2 fully saturated rings. The molecule has 4 rings (SSSR count). The van der Waals surface area contributed by atoms with Crippen molar-refractivity contribution in [1.82, 2.24) is 9.80 Å². The molecule has 0 spiro atoms. The second-order valence-corrected chi connectivity index (χ2v) is 12.7. The Labute approximate surface area is 430 Å². The van der Waals surface area contributed by atoms with Crippen molar-refractivity contribution in [3.63, 3.8) is 0 Å². The number of nitrogens with zero attached hydrogens (tertiary/aromatic N) is 4. The summed E-state index contributed by atoms with van der Waals surface area (Å²) in [4.78, 5) is 48.6. The van der Waals surface area contributed by atoms with E-state index in [1.807, 2.05) is 72.8 Å². The molecular weight excluding hydrogens is 949 g/mol. The van der Waals surface area contributed by atoms with Gasteiger partial charge in [-0.1, -0.05) is 66.7 Å². The minimum absolute atomic E-state index is 0. The third kappa shape index (κ3) is 25.0. The molecule has 2 atom stereocenters. The fourth-order valence-electron chi connectivity index (χ4n) is 4.58. The summed E-state index contributed by atoms with van der Waals surface area (Å²) >= 11 is 0. The largest absolute Gasteiger partial charge is 1.00 e. The van der Waals surface area contributed by atoms with Crippen molar-refractivity contribution < 1.29 is 192 Å². The summed E-state index contributed by atoms with van der Waals surface area (Å²) in [5.41, 5.74) is 1.95. The topological polar surface area (TPSA) is 209 Å². The van der Waals surface area contributed by atoms with Crippen molar-refractivity contribution in [2.45, 2.75) is 39.9 Å². The van der Waals surface area contributed by atoms with Gasteiger partial charge in [-0.3, -0.25) is 9.36 Å². The number of amides is 2. The maximum atomic E-state index is 11.9. The second-order valence-electron chi connectivity index (χ2n) is 10.6. The minimum Gasteiger partial charge on any atom is -1.00 e. The number of likely N-dealkylation sites (tertiary alicyclic amines) is 2. The van der Waals surface area contributed by atoms with Gasteiger partial charge in [-0.25, -0.2) is 9.59 Å². The number of allylic oxidation sites excluding steroid dienone is 1. The standard InChI is InChI=1S/C15H16N2O2.C13H15NO3.C6H12NO3P.CH2O3.2Cs.H/c16-9-4-7-13-8-10-17(11-13)15(18)19-12-14-5-2-1-3-6-14;15-9-12-6-7-14(8-12)13(16)17-10-11-4-2-1-3-5-11;1-3-9-11(8,6-5-7)10-4-2;2-1-4-3;;;/h1-7,13H,8,10-12H2;1-5,9,12H,6-8,10H2;3-4,6H2,1-2H3;1,3H;;;/q;;;;2*+1;-1/p-1/b7-4+;;;;;;. The first-order chi connectivity index (χ1) is 24.7. The first-order valence-electron chi connectivity index (χ1n) is 16.1. The van der Waals surface area contributed by atoms with Crippen LogP contribution in [0.3, 0.4) is 0 Å². The van der Waals surface area contributed by atoms with Crippen LogP contribution in [0.2, 0.25) is 0 Å². The van der Waals surface area contributed by atoms with Gasteiger partial charge in [-0.15, -0.1) is 0 Å². The van der Waals surface area contributed by atoms with Gasteiger partial charge in [0.05, 0.1) is 25.4 Å². The van der Waals surface area contributed by atoms with Crippen LogP contribution in [-0.2, 0) is 50.8 Å². The molecule has 0 N–H and O–H groups in total. The van der Waals surface area contributed by atoms with E-state index in [2.05, 4.69) is 4.89 Å². The van der Waals surface area contributed by atoms with Gasteiger partial charge in [0, 0.05) is 38.2 Å². The molecule has 2 aliphatic heterocycles. The second kappa shape index (κ2) is 34.3. The molecule has 0 bridgehead atoms. The normalized spacial score (nSPS) is 15.4. The fraction of sp³-hybridized carbons (Fsp3) is 0.429. The van der Waals surface area contributed by atoms with Crippen LogP contribution < -0.4 is 143 Å². The van der Waals surface area contributed by atoms with E-state index in [0.29, 0.717) is 46.0 Å². The molecule has 53 heavy (non-hydrogen) atoms. The van der Waals surface area contributed by atoms with Crippen molar-refractivity contribution in [3.8, 4) is 12.1 Å². The van der Waals surface area contributed by atoms with Crippen LogP contribution in [0.4, 0.5) is 9.59 Å². The van der Waals surface area contributed by atoms with Gasteiger partial charge in [-0.05, 0) is 43.7 Å². The molecule has 0 saturated carbocycles.